The molecule has 1 saturated heterocycles. The predicted molar refractivity (Wildman–Crippen MR) is 99.4 cm³/mol. The molecule has 1 atom stereocenters. The third kappa shape index (κ3) is 4.47. The Morgan fingerprint density at radius 3 is 2.82 bits per heavy atom. The lowest BCUT2D eigenvalue weighted by Crippen LogP contribution is -2.43. The molecule has 0 unspecified atom stereocenters. The van der Waals surface area contributed by atoms with E-state index in [9.17, 15) is 18.4 Å². The van der Waals surface area contributed by atoms with E-state index in [-0.39, 0.29) is 29.7 Å². The highest BCUT2D eigenvalue weighted by molar-refractivity contribution is 5.99. The highest BCUT2D eigenvalue weighted by atomic mass is 19.1. The Morgan fingerprint density at radius 1 is 1.36 bits per heavy atom. The van der Waals surface area contributed by atoms with Crippen molar-refractivity contribution < 1.29 is 18.4 Å². The van der Waals surface area contributed by atoms with E-state index in [4.69, 9.17) is 5.73 Å². The number of aromatic nitrogens is 2. The van der Waals surface area contributed by atoms with Gasteiger partial charge in [0.2, 0.25) is 5.91 Å². The Hall–Kier alpha value is -2.97. The van der Waals surface area contributed by atoms with Gasteiger partial charge in [-0.1, -0.05) is 0 Å². The zero-order valence-corrected chi connectivity index (χ0v) is 15.6. The molecule has 0 saturated carbocycles. The molecule has 1 aliphatic rings. The second-order valence-corrected chi connectivity index (χ2v) is 6.98. The van der Waals surface area contributed by atoms with Crippen LogP contribution in [0.2, 0.25) is 0 Å². The molecule has 0 bridgehead atoms. The molecular formula is C19H23F2N5O2. The lowest BCUT2D eigenvalue weighted by atomic mass is 10.1. The predicted octanol–water partition coefficient (Wildman–Crippen LogP) is 1.86. The van der Waals surface area contributed by atoms with Crippen LogP contribution >= 0.6 is 0 Å². The maximum atomic E-state index is 13.9. The highest BCUT2D eigenvalue weighted by Crippen LogP contribution is 2.20. The Morgan fingerprint density at radius 2 is 2.14 bits per heavy atom. The van der Waals surface area contributed by atoms with Crippen molar-refractivity contribution >= 4 is 17.5 Å². The molecule has 1 fully saturated rings. The fourth-order valence-corrected chi connectivity index (χ4v) is 3.45. The SMILES string of the molecule is Cc1cnn(CCC(=O)N2CCC[C@@H]2CNC(=O)c2c(N)cc(F)cc2F)c1. The van der Waals surface area contributed by atoms with Gasteiger partial charge in [-0.3, -0.25) is 14.3 Å². The van der Waals surface area contributed by atoms with Crippen LogP contribution in [0.15, 0.2) is 24.5 Å². The van der Waals surface area contributed by atoms with E-state index in [1.165, 1.54) is 0 Å². The summed E-state index contributed by atoms with van der Waals surface area (Å²) in [5.74, 6) is -2.59. The van der Waals surface area contributed by atoms with E-state index in [2.05, 4.69) is 10.4 Å². The van der Waals surface area contributed by atoms with Gasteiger partial charge in [-0.05, 0) is 31.4 Å². The summed E-state index contributed by atoms with van der Waals surface area (Å²) in [5, 5.41) is 6.78. The van der Waals surface area contributed by atoms with Gasteiger partial charge in [-0.25, -0.2) is 8.78 Å². The number of aryl methyl sites for hydroxylation is 2. The van der Waals surface area contributed by atoms with Crippen LogP contribution in [-0.4, -0.2) is 45.6 Å². The van der Waals surface area contributed by atoms with Gasteiger partial charge in [0.05, 0.1) is 17.4 Å². The number of carbonyl (C=O) groups is 2. The number of rotatable bonds is 6. The van der Waals surface area contributed by atoms with Crippen molar-refractivity contribution in [2.75, 3.05) is 18.8 Å². The molecule has 150 valence electrons. The average Bonchev–Trinajstić information content (AvgIpc) is 3.25. The number of hydrogen-bond acceptors (Lipinski definition) is 4. The minimum absolute atomic E-state index is 0.0163. The normalized spacial score (nSPS) is 16.4. The topological polar surface area (TPSA) is 93.2 Å². The molecule has 3 N–H and O–H groups in total. The van der Waals surface area contributed by atoms with E-state index in [0.29, 0.717) is 25.6 Å². The monoisotopic (exact) mass is 391 g/mol. The molecule has 1 aliphatic heterocycles. The lowest BCUT2D eigenvalue weighted by molar-refractivity contribution is -0.132. The molecule has 1 aromatic heterocycles. The maximum Gasteiger partial charge on any atom is 0.256 e. The average molecular weight is 391 g/mol. The van der Waals surface area contributed by atoms with Gasteiger partial charge in [-0.2, -0.15) is 5.10 Å². The van der Waals surface area contributed by atoms with E-state index >= 15 is 0 Å². The first kappa shape index (κ1) is 19.8. The van der Waals surface area contributed by atoms with E-state index in [1.54, 1.807) is 15.8 Å². The summed E-state index contributed by atoms with van der Waals surface area (Å²) >= 11 is 0. The first-order valence-corrected chi connectivity index (χ1v) is 9.16. The van der Waals surface area contributed by atoms with Crippen molar-refractivity contribution in [2.45, 2.75) is 38.8 Å². The van der Waals surface area contributed by atoms with Crippen LogP contribution in [0.1, 0.15) is 35.2 Å². The number of nitrogens with one attached hydrogen (secondary N) is 1. The Bertz CT molecular complexity index is 860. The number of nitrogen functional groups attached to an aromatic ring is 1. The molecule has 0 aliphatic carbocycles. The molecule has 2 heterocycles. The number of nitrogens with zero attached hydrogens (tertiary/aromatic N) is 3. The summed E-state index contributed by atoms with van der Waals surface area (Å²) in [4.78, 5) is 26.6. The minimum Gasteiger partial charge on any atom is -0.398 e. The number of halogens is 2. The summed E-state index contributed by atoms with van der Waals surface area (Å²) in [6.07, 6.45) is 5.50. The third-order valence-corrected chi connectivity index (χ3v) is 4.83. The zero-order chi connectivity index (χ0) is 20.3. The second kappa shape index (κ2) is 8.37. The van der Waals surface area contributed by atoms with Gasteiger partial charge in [-0.15, -0.1) is 0 Å². The molecule has 9 heteroatoms. The summed E-state index contributed by atoms with van der Waals surface area (Å²) in [6, 6.07) is 1.36. The van der Waals surface area contributed by atoms with Crippen LogP contribution in [0, 0.1) is 18.6 Å². The van der Waals surface area contributed by atoms with Gasteiger partial charge in [0.15, 0.2) is 0 Å². The number of carbonyl (C=O) groups excluding carboxylic acids is 2. The number of amides is 2. The van der Waals surface area contributed by atoms with Gasteiger partial charge in [0.1, 0.15) is 11.6 Å². The van der Waals surface area contributed by atoms with Crippen LogP contribution in [-0.2, 0) is 11.3 Å². The number of hydrogen-bond donors (Lipinski definition) is 2. The van der Waals surface area contributed by atoms with Crippen molar-refractivity contribution in [1.82, 2.24) is 20.0 Å². The molecular weight excluding hydrogens is 368 g/mol. The van der Waals surface area contributed by atoms with Gasteiger partial charge < -0.3 is 16.0 Å². The molecule has 3 rings (SSSR count). The van der Waals surface area contributed by atoms with Crippen LogP contribution in [0.25, 0.3) is 0 Å². The Balaban J connectivity index is 1.56. The smallest absolute Gasteiger partial charge is 0.256 e. The van der Waals surface area contributed by atoms with Crippen molar-refractivity contribution in [3.63, 3.8) is 0 Å². The van der Waals surface area contributed by atoms with Crippen LogP contribution < -0.4 is 11.1 Å². The van der Waals surface area contributed by atoms with E-state index in [1.807, 2.05) is 13.1 Å². The highest BCUT2D eigenvalue weighted by Gasteiger charge is 2.29. The van der Waals surface area contributed by atoms with Crippen molar-refractivity contribution in [2.24, 2.45) is 0 Å². The van der Waals surface area contributed by atoms with Crippen LogP contribution in [0.5, 0.6) is 0 Å². The first-order chi connectivity index (χ1) is 13.3. The molecule has 0 radical (unpaired) electrons. The van der Waals surface area contributed by atoms with E-state index in [0.717, 1.165) is 24.5 Å². The zero-order valence-electron chi connectivity index (χ0n) is 15.6. The van der Waals surface area contributed by atoms with Crippen molar-refractivity contribution in [3.05, 3.63) is 47.3 Å². The number of likely N-dealkylation sites (tertiary alicyclic amines) is 1. The van der Waals surface area contributed by atoms with E-state index < -0.39 is 17.5 Å². The number of benzene rings is 1. The standard InChI is InChI=1S/C19H23F2N5O2/c1-12-9-24-25(11-12)6-4-17(27)26-5-2-3-14(26)10-23-19(28)18-15(21)7-13(20)8-16(18)22/h7-9,11,14H,2-6,10,22H2,1H3,(H,23,28)/t14-/m1/s1. The van der Waals surface area contributed by atoms with Crippen molar-refractivity contribution in [1.29, 1.82) is 0 Å². The fraction of sp³-hybridized carbons (Fsp3) is 0.421. The van der Waals surface area contributed by atoms with Crippen molar-refractivity contribution in [3.8, 4) is 0 Å². The van der Waals surface area contributed by atoms with Crippen LogP contribution in [0.3, 0.4) is 0 Å². The summed E-state index contributed by atoms with van der Waals surface area (Å²) in [6.45, 7) is 3.22. The molecule has 28 heavy (non-hydrogen) atoms. The van der Waals surface area contributed by atoms with Gasteiger partial charge in [0.25, 0.3) is 5.91 Å². The molecule has 7 nitrogen and oxygen atoms in total. The quantitative estimate of drug-likeness (QED) is 0.735. The molecule has 1 aromatic carbocycles. The number of nitrogens with two attached hydrogens (primary N) is 1. The van der Waals surface area contributed by atoms with Gasteiger partial charge in [0, 0.05) is 44.4 Å². The van der Waals surface area contributed by atoms with Crippen LogP contribution in [0.4, 0.5) is 14.5 Å². The molecule has 2 aromatic rings. The summed E-state index contributed by atoms with van der Waals surface area (Å²) < 4.78 is 28.7. The first-order valence-electron chi connectivity index (χ1n) is 9.16. The Labute approximate surface area is 161 Å². The summed E-state index contributed by atoms with van der Waals surface area (Å²) in [7, 11) is 0. The van der Waals surface area contributed by atoms with Gasteiger partial charge >= 0.3 is 0 Å². The number of anilines is 1. The maximum absolute atomic E-state index is 13.9. The fourth-order valence-electron chi connectivity index (χ4n) is 3.45. The summed E-state index contributed by atoms with van der Waals surface area (Å²) in [5.41, 5.74) is 5.95. The molecule has 2 amide bonds. The third-order valence-electron chi connectivity index (χ3n) is 4.83. The molecule has 0 spiro atoms. The largest absolute Gasteiger partial charge is 0.398 e. The lowest BCUT2D eigenvalue weighted by Gasteiger charge is -2.25. The Kier molecular flexibility index (Phi) is 5.91. The minimum atomic E-state index is -1.01. The second-order valence-electron chi connectivity index (χ2n) is 6.98.